The number of hydrogen-bond acceptors (Lipinski definition) is 3. The number of ether oxygens (including phenoxy) is 1. The molecule has 0 radical (unpaired) electrons. The molecule has 2 atom stereocenters. The summed E-state index contributed by atoms with van der Waals surface area (Å²) in [5.41, 5.74) is 2.12. The molecule has 1 fully saturated rings. The van der Waals surface area contributed by atoms with Crippen LogP contribution in [-0.2, 0) is 14.3 Å². The molecule has 3 heteroatoms. The number of rotatable bonds is 0. The van der Waals surface area contributed by atoms with Crippen molar-refractivity contribution in [3.8, 4) is 0 Å². The highest BCUT2D eigenvalue weighted by atomic mass is 16.6. The highest BCUT2D eigenvalue weighted by molar-refractivity contribution is 5.98. The van der Waals surface area contributed by atoms with E-state index < -0.39 is 0 Å². The predicted octanol–water partition coefficient (Wildman–Crippen LogP) is 2.01. The first-order chi connectivity index (χ1) is 7.49. The first kappa shape index (κ1) is 10.1. The van der Waals surface area contributed by atoms with Crippen LogP contribution in [0.5, 0.6) is 0 Å². The molecule has 1 heterocycles. The van der Waals surface area contributed by atoms with Crippen molar-refractivity contribution >= 4 is 11.8 Å². The van der Waals surface area contributed by atoms with Crippen LogP contribution >= 0.6 is 0 Å². The molecule has 2 aliphatic carbocycles. The lowest BCUT2D eigenvalue weighted by Crippen LogP contribution is -2.30. The third-order valence-electron chi connectivity index (χ3n) is 4.23. The molecule has 86 valence electrons. The highest BCUT2D eigenvalue weighted by Gasteiger charge is 2.51. The molecular weight excluding hydrogens is 204 g/mol. The van der Waals surface area contributed by atoms with E-state index in [1.165, 1.54) is 0 Å². The first-order valence-electron chi connectivity index (χ1n) is 5.95. The Morgan fingerprint density at radius 2 is 2.00 bits per heavy atom. The number of hydrogen-bond donors (Lipinski definition) is 0. The van der Waals surface area contributed by atoms with E-state index in [1.54, 1.807) is 0 Å². The summed E-state index contributed by atoms with van der Waals surface area (Å²) in [5, 5.41) is 0. The fourth-order valence-corrected chi connectivity index (χ4v) is 3.39. The largest absolute Gasteiger partial charge is 0.457 e. The van der Waals surface area contributed by atoms with Gasteiger partial charge in [-0.25, -0.2) is 0 Å². The third-order valence-corrected chi connectivity index (χ3v) is 4.23. The molecule has 1 saturated heterocycles. The SMILES string of the molecule is CC1(C)CCC(=O)C2=C1C1OC(=O)CC1C2. The molecule has 1 aliphatic heterocycles. The standard InChI is InChI=1S/C13H16O3/c1-13(2)4-3-9(14)8-5-7-6-10(15)16-12(7)11(8)13/h7,12H,3-6H2,1-2H3. The van der Waals surface area contributed by atoms with Crippen molar-refractivity contribution in [2.45, 2.75) is 45.6 Å². The maximum atomic E-state index is 11.9. The Labute approximate surface area is 94.8 Å². The van der Waals surface area contributed by atoms with Gasteiger partial charge in [-0.15, -0.1) is 0 Å². The summed E-state index contributed by atoms with van der Waals surface area (Å²) in [7, 11) is 0. The van der Waals surface area contributed by atoms with E-state index in [0.29, 0.717) is 12.8 Å². The molecule has 3 rings (SSSR count). The fraction of sp³-hybridized carbons (Fsp3) is 0.692. The molecule has 3 aliphatic rings. The number of allylic oxidation sites excluding steroid dienone is 1. The molecule has 0 saturated carbocycles. The Hall–Kier alpha value is -1.12. The van der Waals surface area contributed by atoms with Crippen LogP contribution < -0.4 is 0 Å². The molecule has 3 nitrogen and oxygen atoms in total. The first-order valence-corrected chi connectivity index (χ1v) is 5.95. The van der Waals surface area contributed by atoms with Crippen molar-refractivity contribution in [1.29, 1.82) is 0 Å². The van der Waals surface area contributed by atoms with Gasteiger partial charge >= 0.3 is 5.97 Å². The summed E-state index contributed by atoms with van der Waals surface area (Å²) in [6.07, 6.45) is 2.68. The van der Waals surface area contributed by atoms with Crippen LogP contribution in [-0.4, -0.2) is 17.9 Å². The smallest absolute Gasteiger partial charge is 0.306 e. The van der Waals surface area contributed by atoms with Crippen molar-refractivity contribution in [1.82, 2.24) is 0 Å². The van der Waals surface area contributed by atoms with E-state index in [4.69, 9.17) is 4.74 Å². The van der Waals surface area contributed by atoms with Gasteiger partial charge < -0.3 is 4.74 Å². The Kier molecular flexibility index (Phi) is 1.86. The van der Waals surface area contributed by atoms with Crippen LogP contribution in [0.2, 0.25) is 0 Å². The Balaban J connectivity index is 2.06. The van der Waals surface area contributed by atoms with Gasteiger partial charge in [-0.1, -0.05) is 13.8 Å². The molecule has 0 bridgehead atoms. The molecule has 2 unspecified atom stereocenters. The monoisotopic (exact) mass is 220 g/mol. The minimum atomic E-state index is -0.102. The zero-order valence-electron chi connectivity index (χ0n) is 9.71. The van der Waals surface area contributed by atoms with Crippen molar-refractivity contribution in [3.63, 3.8) is 0 Å². The van der Waals surface area contributed by atoms with E-state index in [1.807, 2.05) is 0 Å². The minimum absolute atomic E-state index is 0.0211. The second kappa shape index (κ2) is 2.96. The molecule has 0 aromatic carbocycles. The van der Waals surface area contributed by atoms with E-state index >= 15 is 0 Å². The molecule has 0 amide bonds. The van der Waals surface area contributed by atoms with Crippen LogP contribution in [0.25, 0.3) is 0 Å². The fourth-order valence-electron chi connectivity index (χ4n) is 3.39. The van der Waals surface area contributed by atoms with Gasteiger partial charge in [-0.3, -0.25) is 9.59 Å². The summed E-state index contributed by atoms with van der Waals surface area (Å²) < 4.78 is 5.39. The van der Waals surface area contributed by atoms with Crippen LogP contribution in [0.1, 0.15) is 39.5 Å². The van der Waals surface area contributed by atoms with Gasteiger partial charge in [0.1, 0.15) is 6.10 Å². The second-order valence-corrected chi connectivity index (χ2v) is 5.78. The van der Waals surface area contributed by atoms with E-state index in [9.17, 15) is 9.59 Å². The normalized spacial score (nSPS) is 36.1. The van der Waals surface area contributed by atoms with Gasteiger partial charge in [0, 0.05) is 12.3 Å². The molecule has 0 aromatic rings. The van der Waals surface area contributed by atoms with Gasteiger partial charge in [0.05, 0.1) is 6.42 Å². The lowest BCUT2D eigenvalue weighted by Gasteiger charge is -2.33. The van der Waals surface area contributed by atoms with Crippen molar-refractivity contribution < 1.29 is 14.3 Å². The summed E-state index contributed by atoms with van der Waals surface area (Å²) in [6, 6.07) is 0. The number of ketones is 1. The Morgan fingerprint density at radius 1 is 1.25 bits per heavy atom. The minimum Gasteiger partial charge on any atom is -0.457 e. The van der Waals surface area contributed by atoms with E-state index in [-0.39, 0.29) is 29.2 Å². The van der Waals surface area contributed by atoms with Crippen LogP contribution in [0.4, 0.5) is 0 Å². The van der Waals surface area contributed by atoms with Gasteiger partial charge in [0.15, 0.2) is 5.78 Å². The topological polar surface area (TPSA) is 43.4 Å². The van der Waals surface area contributed by atoms with Crippen LogP contribution in [0.15, 0.2) is 11.1 Å². The summed E-state index contributed by atoms with van der Waals surface area (Å²) in [5.74, 6) is 0.411. The number of Topliss-reactive ketones (excluding diaryl/α,β-unsaturated/α-hetero) is 1. The summed E-state index contributed by atoms with van der Waals surface area (Å²) >= 11 is 0. The zero-order chi connectivity index (χ0) is 11.5. The maximum Gasteiger partial charge on any atom is 0.306 e. The third kappa shape index (κ3) is 1.20. The van der Waals surface area contributed by atoms with Crippen LogP contribution in [0.3, 0.4) is 0 Å². The highest BCUT2D eigenvalue weighted by Crippen LogP contribution is 2.52. The van der Waals surface area contributed by atoms with E-state index in [0.717, 1.165) is 24.0 Å². The maximum absolute atomic E-state index is 11.9. The van der Waals surface area contributed by atoms with Crippen molar-refractivity contribution in [3.05, 3.63) is 11.1 Å². The van der Waals surface area contributed by atoms with Gasteiger partial charge in [0.2, 0.25) is 0 Å². The lowest BCUT2D eigenvalue weighted by molar-refractivity contribution is -0.140. The van der Waals surface area contributed by atoms with Gasteiger partial charge in [-0.2, -0.15) is 0 Å². The van der Waals surface area contributed by atoms with Crippen molar-refractivity contribution in [2.24, 2.45) is 11.3 Å². The van der Waals surface area contributed by atoms with Crippen LogP contribution in [0, 0.1) is 11.3 Å². The molecule has 0 spiro atoms. The average molecular weight is 220 g/mol. The average Bonchev–Trinajstić information content (AvgIpc) is 2.67. The van der Waals surface area contributed by atoms with Gasteiger partial charge in [0.25, 0.3) is 0 Å². The number of carbonyl (C=O) groups excluding carboxylic acids is 2. The Bertz CT molecular complexity index is 417. The molecular formula is C13H16O3. The number of carbonyl (C=O) groups is 2. The Morgan fingerprint density at radius 3 is 2.75 bits per heavy atom. The van der Waals surface area contributed by atoms with E-state index in [2.05, 4.69) is 13.8 Å². The molecule has 0 N–H and O–H groups in total. The number of esters is 1. The van der Waals surface area contributed by atoms with Gasteiger partial charge in [-0.05, 0) is 29.4 Å². The molecule has 0 aromatic heterocycles. The number of fused-ring (bicyclic) bond motifs is 2. The quantitative estimate of drug-likeness (QED) is 0.586. The van der Waals surface area contributed by atoms with Crippen molar-refractivity contribution in [2.75, 3.05) is 0 Å². The predicted molar refractivity (Wildman–Crippen MR) is 57.7 cm³/mol. The molecule has 16 heavy (non-hydrogen) atoms. The second-order valence-electron chi connectivity index (χ2n) is 5.78. The lowest BCUT2D eigenvalue weighted by atomic mass is 9.72. The summed E-state index contributed by atoms with van der Waals surface area (Å²) in [6.45, 7) is 4.31. The summed E-state index contributed by atoms with van der Waals surface area (Å²) in [4.78, 5) is 23.2. The zero-order valence-corrected chi connectivity index (χ0v) is 9.71.